The van der Waals surface area contributed by atoms with E-state index in [1.165, 1.54) is 0 Å². The molecule has 1 aromatic rings. The minimum atomic E-state index is -0.135. The molecule has 0 fully saturated rings. The number of benzene rings is 1. The van der Waals surface area contributed by atoms with Crippen LogP contribution in [0.2, 0.25) is 0 Å². The third-order valence-corrected chi connectivity index (χ3v) is 4.54. The summed E-state index contributed by atoms with van der Waals surface area (Å²) in [6.07, 6.45) is 1.96. The highest BCUT2D eigenvalue weighted by Crippen LogP contribution is 2.47. The van der Waals surface area contributed by atoms with Crippen molar-refractivity contribution in [1.29, 1.82) is 0 Å². The number of nitrogen functional groups attached to an aromatic ring is 1. The minimum absolute atomic E-state index is 0.135. The first-order valence-electron chi connectivity index (χ1n) is 9.08. The molecule has 0 saturated carbocycles. The summed E-state index contributed by atoms with van der Waals surface area (Å²) in [6, 6.07) is 3.91. The molecule has 0 spiro atoms. The second kappa shape index (κ2) is 6.28. The zero-order chi connectivity index (χ0) is 19.1. The van der Waals surface area contributed by atoms with E-state index in [0.717, 1.165) is 29.7 Å². The van der Waals surface area contributed by atoms with Crippen molar-refractivity contribution in [3.8, 4) is 5.75 Å². The number of phenolic OH excluding ortho intramolecular Hbond substituents is 1. The van der Waals surface area contributed by atoms with E-state index in [1.807, 2.05) is 12.1 Å². The predicted molar refractivity (Wildman–Crippen MR) is 107 cm³/mol. The normalized spacial score (nSPS) is 14.1. The fourth-order valence-corrected chi connectivity index (χ4v) is 4.53. The predicted octanol–water partition coefficient (Wildman–Crippen LogP) is 6.40. The lowest BCUT2D eigenvalue weighted by Crippen LogP contribution is -2.28. The fraction of sp³-hybridized carbons (Fsp3) is 0.727. The summed E-state index contributed by atoms with van der Waals surface area (Å²) in [7, 11) is 0. The molecule has 24 heavy (non-hydrogen) atoms. The Bertz CT molecular complexity index is 534. The molecule has 2 nitrogen and oxygen atoms in total. The summed E-state index contributed by atoms with van der Waals surface area (Å²) in [5, 5.41) is 11.1. The highest BCUT2D eigenvalue weighted by molar-refractivity contribution is 5.57. The van der Waals surface area contributed by atoms with E-state index in [4.69, 9.17) is 5.73 Å². The van der Waals surface area contributed by atoms with E-state index in [9.17, 15) is 5.11 Å². The van der Waals surface area contributed by atoms with Crippen LogP contribution < -0.4 is 5.73 Å². The topological polar surface area (TPSA) is 46.2 Å². The summed E-state index contributed by atoms with van der Waals surface area (Å²) < 4.78 is 0. The molecule has 0 radical (unpaired) electrons. The van der Waals surface area contributed by atoms with Gasteiger partial charge in [-0.25, -0.2) is 0 Å². The summed E-state index contributed by atoms with van der Waals surface area (Å²) in [6.45, 7) is 22.2. The lowest BCUT2D eigenvalue weighted by Gasteiger charge is -2.37. The third kappa shape index (κ3) is 5.43. The van der Waals surface area contributed by atoms with Crippen molar-refractivity contribution >= 4 is 5.69 Å². The maximum Gasteiger partial charge on any atom is 0.123 e. The molecule has 0 aliphatic heterocycles. The molecule has 1 aromatic carbocycles. The second-order valence-corrected chi connectivity index (χ2v) is 11.2. The van der Waals surface area contributed by atoms with Gasteiger partial charge in [0.25, 0.3) is 0 Å². The molecule has 3 N–H and O–H groups in total. The summed E-state index contributed by atoms with van der Waals surface area (Å²) in [4.78, 5) is 0. The van der Waals surface area contributed by atoms with Crippen molar-refractivity contribution in [2.45, 2.75) is 92.9 Å². The van der Waals surface area contributed by atoms with E-state index in [-0.39, 0.29) is 21.7 Å². The van der Waals surface area contributed by atoms with Gasteiger partial charge in [-0.2, -0.15) is 0 Å². The van der Waals surface area contributed by atoms with E-state index in [2.05, 4.69) is 69.2 Å². The van der Waals surface area contributed by atoms with E-state index in [1.54, 1.807) is 0 Å². The van der Waals surface area contributed by atoms with Gasteiger partial charge in [0.05, 0.1) is 0 Å². The molecular weight excluding hydrogens is 294 g/mol. The van der Waals surface area contributed by atoms with Crippen LogP contribution in [0.4, 0.5) is 5.69 Å². The molecule has 138 valence electrons. The molecular formula is C22H39NO. The van der Waals surface area contributed by atoms with Crippen molar-refractivity contribution in [3.63, 3.8) is 0 Å². The van der Waals surface area contributed by atoms with Crippen LogP contribution in [0.25, 0.3) is 0 Å². The molecule has 1 rings (SSSR count). The number of anilines is 1. The number of nitrogens with two attached hydrogens (primary N) is 1. The number of phenols is 1. The van der Waals surface area contributed by atoms with Gasteiger partial charge in [-0.15, -0.1) is 0 Å². The van der Waals surface area contributed by atoms with Crippen LogP contribution in [0, 0.1) is 10.8 Å². The molecule has 0 bridgehead atoms. The van der Waals surface area contributed by atoms with E-state index >= 15 is 0 Å². The Morgan fingerprint density at radius 1 is 0.708 bits per heavy atom. The number of hydrogen-bond donors (Lipinski definition) is 2. The Morgan fingerprint density at radius 2 is 1.00 bits per heavy atom. The van der Waals surface area contributed by atoms with Gasteiger partial charge in [0.2, 0.25) is 0 Å². The zero-order valence-electron chi connectivity index (χ0n) is 17.6. The SMILES string of the molecule is CC(C)(C)CC(C)(C)c1cc(N)cc(C(C)(C)CC(C)(C)C)c1O. The highest BCUT2D eigenvalue weighted by atomic mass is 16.3. The highest BCUT2D eigenvalue weighted by Gasteiger charge is 2.35. The zero-order valence-corrected chi connectivity index (χ0v) is 17.6. The molecule has 0 aliphatic rings. The molecule has 2 heteroatoms. The third-order valence-electron chi connectivity index (χ3n) is 4.54. The Hall–Kier alpha value is -1.18. The van der Waals surface area contributed by atoms with E-state index in [0.29, 0.717) is 5.75 Å². The van der Waals surface area contributed by atoms with Crippen LogP contribution >= 0.6 is 0 Å². The molecule has 0 atom stereocenters. The van der Waals surface area contributed by atoms with Gasteiger partial charge in [0, 0.05) is 16.8 Å². The molecule has 0 unspecified atom stereocenters. The second-order valence-electron chi connectivity index (χ2n) is 11.2. The first-order valence-corrected chi connectivity index (χ1v) is 9.08. The van der Waals surface area contributed by atoms with Gasteiger partial charge >= 0.3 is 0 Å². The molecule has 0 heterocycles. The van der Waals surface area contributed by atoms with Gasteiger partial charge in [0.15, 0.2) is 0 Å². The van der Waals surface area contributed by atoms with Crippen molar-refractivity contribution in [2.24, 2.45) is 10.8 Å². The summed E-state index contributed by atoms with van der Waals surface area (Å²) >= 11 is 0. The summed E-state index contributed by atoms with van der Waals surface area (Å²) in [5.74, 6) is 0.424. The van der Waals surface area contributed by atoms with Gasteiger partial charge in [-0.1, -0.05) is 69.2 Å². The average molecular weight is 334 g/mol. The van der Waals surface area contributed by atoms with Gasteiger partial charge in [-0.3, -0.25) is 0 Å². The Morgan fingerprint density at radius 3 is 1.25 bits per heavy atom. The van der Waals surface area contributed by atoms with Gasteiger partial charge in [0.1, 0.15) is 5.75 Å². The minimum Gasteiger partial charge on any atom is -0.507 e. The monoisotopic (exact) mass is 333 g/mol. The van der Waals surface area contributed by atoms with Crippen LogP contribution in [0.5, 0.6) is 5.75 Å². The van der Waals surface area contributed by atoms with Crippen molar-refractivity contribution < 1.29 is 5.11 Å². The van der Waals surface area contributed by atoms with Crippen molar-refractivity contribution in [2.75, 3.05) is 5.73 Å². The number of aromatic hydroxyl groups is 1. The first kappa shape index (κ1) is 20.9. The van der Waals surface area contributed by atoms with Crippen LogP contribution in [0.3, 0.4) is 0 Å². The standard InChI is InChI=1S/C22H39NO/c1-19(2,3)13-21(7,8)16-11-15(23)12-17(18(16)24)22(9,10)14-20(4,5)6/h11-12,24H,13-14,23H2,1-10H3. The Kier molecular flexibility index (Phi) is 5.46. The maximum absolute atomic E-state index is 11.1. The van der Waals surface area contributed by atoms with Crippen molar-refractivity contribution in [1.82, 2.24) is 0 Å². The molecule has 0 saturated heterocycles. The summed E-state index contributed by atoms with van der Waals surface area (Å²) in [5.41, 5.74) is 9.00. The lowest BCUT2D eigenvalue weighted by atomic mass is 9.68. The molecule has 0 amide bonds. The van der Waals surface area contributed by atoms with Crippen LogP contribution in [0.1, 0.15) is 93.2 Å². The lowest BCUT2D eigenvalue weighted by molar-refractivity contribution is 0.268. The molecule has 0 aliphatic carbocycles. The average Bonchev–Trinajstić information content (AvgIpc) is 2.24. The van der Waals surface area contributed by atoms with Crippen LogP contribution in [0.15, 0.2) is 12.1 Å². The first-order chi connectivity index (χ1) is 10.4. The quantitative estimate of drug-likeness (QED) is 0.494. The number of hydrogen-bond acceptors (Lipinski definition) is 2. The smallest absolute Gasteiger partial charge is 0.123 e. The maximum atomic E-state index is 11.1. The van der Waals surface area contributed by atoms with Crippen molar-refractivity contribution in [3.05, 3.63) is 23.3 Å². The Balaban J connectivity index is 3.46. The van der Waals surface area contributed by atoms with Crippen LogP contribution in [-0.2, 0) is 10.8 Å². The van der Waals surface area contributed by atoms with Gasteiger partial charge in [-0.05, 0) is 46.6 Å². The van der Waals surface area contributed by atoms with Crippen LogP contribution in [-0.4, -0.2) is 5.11 Å². The van der Waals surface area contributed by atoms with Gasteiger partial charge < -0.3 is 10.8 Å². The fourth-order valence-electron chi connectivity index (χ4n) is 4.53. The molecule has 0 aromatic heterocycles. The largest absolute Gasteiger partial charge is 0.507 e. The number of rotatable bonds is 4. The Labute approximate surface area is 149 Å². The van der Waals surface area contributed by atoms with E-state index < -0.39 is 0 Å².